The van der Waals surface area contributed by atoms with Crippen LogP contribution in [0.3, 0.4) is 0 Å². The minimum absolute atomic E-state index is 0.0228. The maximum absolute atomic E-state index is 13.2. The lowest BCUT2D eigenvalue weighted by atomic mass is 10.2. The molecular formula is C20H14FN3O3S2. The zero-order valence-corrected chi connectivity index (χ0v) is 16.8. The third-order valence-electron chi connectivity index (χ3n) is 4.23. The van der Waals surface area contributed by atoms with Gasteiger partial charge in [-0.3, -0.25) is 18.9 Å². The second-order valence-corrected chi connectivity index (χ2v) is 7.72. The summed E-state index contributed by atoms with van der Waals surface area (Å²) in [5.41, 5.74) is 0.0944. The van der Waals surface area contributed by atoms with Gasteiger partial charge < -0.3 is 4.74 Å². The van der Waals surface area contributed by atoms with Crippen molar-refractivity contribution in [1.29, 1.82) is 0 Å². The van der Waals surface area contributed by atoms with Gasteiger partial charge in [0.25, 0.3) is 11.5 Å². The van der Waals surface area contributed by atoms with Gasteiger partial charge in [0.1, 0.15) is 27.1 Å². The number of fused-ring (bicyclic) bond motifs is 1. The topological polar surface area (TPSA) is 63.9 Å². The smallest absolute Gasteiger partial charge is 0.269 e. The predicted molar refractivity (Wildman–Crippen MR) is 113 cm³/mol. The van der Waals surface area contributed by atoms with Crippen LogP contribution in [0.4, 0.5) is 4.39 Å². The Hall–Kier alpha value is -3.04. The van der Waals surface area contributed by atoms with Gasteiger partial charge in [0, 0.05) is 12.7 Å². The maximum atomic E-state index is 13.2. The van der Waals surface area contributed by atoms with E-state index in [1.54, 1.807) is 24.4 Å². The van der Waals surface area contributed by atoms with Crippen LogP contribution in [-0.2, 0) is 4.79 Å². The molecule has 2 aromatic heterocycles. The van der Waals surface area contributed by atoms with Crippen LogP contribution in [-0.4, -0.2) is 31.1 Å². The standard InChI is InChI=1S/C20H14FN3O3S2/c1-2-23-19(26)15(29-20(23)28)11-14-17(27-13-8-6-12(21)7-9-13)22-16-5-3-4-10-24(16)18(14)25/h3-11H,2H2,1H3/b15-11-. The highest BCUT2D eigenvalue weighted by atomic mass is 32.2. The van der Waals surface area contributed by atoms with Crippen LogP contribution >= 0.6 is 24.0 Å². The molecule has 0 N–H and O–H groups in total. The SMILES string of the molecule is CCN1C(=O)/C(=C/c2c(Oc3ccc(F)cc3)nc3ccccn3c2=O)SC1=S. The molecule has 1 aromatic carbocycles. The number of hydrogen-bond donors (Lipinski definition) is 0. The van der Waals surface area contributed by atoms with Crippen molar-refractivity contribution < 1.29 is 13.9 Å². The average molecular weight is 427 g/mol. The van der Waals surface area contributed by atoms with E-state index in [0.717, 1.165) is 11.8 Å². The number of pyridine rings is 1. The Bertz CT molecular complexity index is 1220. The average Bonchev–Trinajstić information content (AvgIpc) is 2.99. The van der Waals surface area contributed by atoms with Crippen molar-refractivity contribution in [3.8, 4) is 11.6 Å². The third-order valence-corrected chi connectivity index (χ3v) is 5.61. The molecule has 9 heteroatoms. The largest absolute Gasteiger partial charge is 0.438 e. The van der Waals surface area contributed by atoms with Crippen LogP contribution in [0, 0.1) is 5.82 Å². The number of nitrogens with zero attached hydrogens (tertiary/aromatic N) is 3. The lowest BCUT2D eigenvalue weighted by Gasteiger charge is -2.11. The summed E-state index contributed by atoms with van der Waals surface area (Å²) in [5, 5.41) is 0. The van der Waals surface area contributed by atoms with Crippen LogP contribution in [0.5, 0.6) is 11.6 Å². The molecule has 0 radical (unpaired) electrons. The molecular weight excluding hydrogens is 413 g/mol. The first-order chi connectivity index (χ1) is 14.0. The fourth-order valence-electron chi connectivity index (χ4n) is 2.80. The molecule has 1 aliphatic heterocycles. The fourth-order valence-corrected chi connectivity index (χ4v) is 4.17. The number of halogens is 1. The van der Waals surface area contributed by atoms with Crippen molar-refractivity contribution in [3.63, 3.8) is 0 Å². The van der Waals surface area contributed by atoms with E-state index in [4.69, 9.17) is 17.0 Å². The molecule has 1 saturated heterocycles. The van der Waals surface area contributed by atoms with Crippen LogP contribution < -0.4 is 10.3 Å². The molecule has 0 spiro atoms. The fraction of sp³-hybridized carbons (Fsp3) is 0.100. The summed E-state index contributed by atoms with van der Waals surface area (Å²) in [6.45, 7) is 2.26. The molecule has 0 bridgehead atoms. The minimum atomic E-state index is -0.410. The van der Waals surface area contributed by atoms with Crippen molar-refractivity contribution in [1.82, 2.24) is 14.3 Å². The van der Waals surface area contributed by atoms with E-state index >= 15 is 0 Å². The number of benzene rings is 1. The molecule has 0 unspecified atom stereocenters. The highest BCUT2D eigenvalue weighted by Crippen LogP contribution is 2.33. The monoisotopic (exact) mass is 427 g/mol. The lowest BCUT2D eigenvalue weighted by Crippen LogP contribution is -2.27. The van der Waals surface area contributed by atoms with Gasteiger partial charge in [-0.2, -0.15) is 4.98 Å². The molecule has 1 fully saturated rings. The Morgan fingerprint density at radius 2 is 1.97 bits per heavy atom. The van der Waals surface area contributed by atoms with Gasteiger partial charge in [-0.15, -0.1) is 0 Å². The second-order valence-electron chi connectivity index (χ2n) is 6.05. The van der Waals surface area contributed by atoms with E-state index in [2.05, 4.69) is 4.98 Å². The molecule has 6 nitrogen and oxygen atoms in total. The summed E-state index contributed by atoms with van der Waals surface area (Å²) in [5.74, 6) is -0.343. The number of likely N-dealkylation sites (N-methyl/N-ethyl adjacent to an activating group) is 1. The number of ether oxygens (including phenoxy) is 1. The molecule has 146 valence electrons. The molecule has 3 heterocycles. The number of rotatable bonds is 4. The number of thiocarbonyl (C=S) groups is 1. The van der Waals surface area contributed by atoms with Crippen molar-refractivity contribution in [3.05, 3.63) is 75.3 Å². The van der Waals surface area contributed by atoms with Crippen LogP contribution in [0.1, 0.15) is 12.5 Å². The molecule has 0 aliphatic carbocycles. The van der Waals surface area contributed by atoms with Crippen LogP contribution in [0.15, 0.2) is 58.4 Å². The number of aromatic nitrogens is 2. The third kappa shape index (κ3) is 3.66. The number of amides is 1. The van der Waals surface area contributed by atoms with Crippen LogP contribution in [0.25, 0.3) is 11.7 Å². The number of carbonyl (C=O) groups is 1. The lowest BCUT2D eigenvalue weighted by molar-refractivity contribution is -0.121. The minimum Gasteiger partial charge on any atom is -0.438 e. The highest BCUT2D eigenvalue weighted by molar-refractivity contribution is 8.26. The summed E-state index contributed by atoms with van der Waals surface area (Å²) in [6.07, 6.45) is 3.03. The molecule has 1 aliphatic rings. The summed E-state index contributed by atoms with van der Waals surface area (Å²) < 4.78 is 20.8. The number of carbonyl (C=O) groups excluding carboxylic acids is 1. The normalized spacial score (nSPS) is 15.5. The Balaban J connectivity index is 1.87. The Kier molecular flexibility index (Phi) is 5.16. The van der Waals surface area contributed by atoms with E-state index in [-0.39, 0.29) is 17.4 Å². The first-order valence-electron chi connectivity index (χ1n) is 8.68. The second kappa shape index (κ2) is 7.76. The van der Waals surface area contributed by atoms with E-state index in [9.17, 15) is 14.0 Å². The van der Waals surface area contributed by atoms with Crippen molar-refractivity contribution in [2.75, 3.05) is 6.54 Å². The van der Waals surface area contributed by atoms with Gasteiger partial charge in [-0.25, -0.2) is 4.39 Å². The zero-order chi connectivity index (χ0) is 20.5. The van der Waals surface area contributed by atoms with Gasteiger partial charge in [-0.05, 0) is 49.4 Å². The zero-order valence-electron chi connectivity index (χ0n) is 15.2. The number of thioether (sulfide) groups is 1. The molecule has 3 aromatic rings. The summed E-state index contributed by atoms with van der Waals surface area (Å²) in [6, 6.07) is 10.5. The Labute approximate surface area is 174 Å². The Morgan fingerprint density at radius 3 is 2.66 bits per heavy atom. The van der Waals surface area contributed by atoms with E-state index < -0.39 is 11.4 Å². The van der Waals surface area contributed by atoms with Crippen LogP contribution in [0.2, 0.25) is 0 Å². The Morgan fingerprint density at radius 1 is 1.21 bits per heavy atom. The van der Waals surface area contributed by atoms with Crippen molar-refractivity contribution >= 4 is 45.9 Å². The van der Waals surface area contributed by atoms with Gasteiger partial charge in [0.05, 0.1) is 4.91 Å². The van der Waals surface area contributed by atoms with E-state index in [1.807, 2.05) is 6.92 Å². The molecule has 1 amide bonds. The number of hydrogen-bond acceptors (Lipinski definition) is 6. The van der Waals surface area contributed by atoms with Crippen molar-refractivity contribution in [2.24, 2.45) is 0 Å². The molecule has 29 heavy (non-hydrogen) atoms. The summed E-state index contributed by atoms with van der Waals surface area (Å²) in [4.78, 5) is 31.8. The maximum Gasteiger partial charge on any atom is 0.269 e. The highest BCUT2D eigenvalue weighted by Gasteiger charge is 2.31. The summed E-state index contributed by atoms with van der Waals surface area (Å²) >= 11 is 6.35. The molecule has 0 atom stereocenters. The van der Waals surface area contributed by atoms with E-state index in [1.165, 1.54) is 39.6 Å². The van der Waals surface area contributed by atoms with Gasteiger partial charge >= 0.3 is 0 Å². The first kappa shape index (κ1) is 19.3. The van der Waals surface area contributed by atoms with Crippen molar-refractivity contribution in [2.45, 2.75) is 6.92 Å². The van der Waals surface area contributed by atoms with Gasteiger partial charge in [-0.1, -0.05) is 30.0 Å². The van der Waals surface area contributed by atoms with E-state index in [0.29, 0.717) is 27.2 Å². The first-order valence-corrected chi connectivity index (χ1v) is 9.90. The quantitative estimate of drug-likeness (QED) is 0.466. The molecule has 0 saturated carbocycles. The summed E-state index contributed by atoms with van der Waals surface area (Å²) in [7, 11) is 0. The van der Waals surface area contributed by atoms with Gasteiger partial charge in [0.2, 0.25) is 5.88 Å². The molecule has 4 rings (SSSR count). The van der Waals surface area contributed by atoms with Gasteiger partial charge in [0.15, 0.2) is 0 Å². The predicted octanol–water partition coefficient (Wildman–Crippen LogP) is 3.85.